The molecule has 1 aliphatic rings. The number of piperazine rings is 1. The van der Waals surface area contributed by atoms with Crippen LogP contribution in [-0.2, 0) is 4.79 Å². The van der Waals surface area contributed by atoms with Crippen molar-refractivity contribution in [2.45, 2.75) is 13.0 Å². The molecule has 1 aromatic rings. The third-order valence-electron chi connectivity index (χ3n) is 3.45. The van der Waals surface area contributed by atoms with Crippen LogP contribution in [-0.4, -0.2) is 54.4 Å². The molecule has 0 saturated carbocycles. The lowest BCUT2D eigenvalue weighted by Gasteiger charge is -2.33. The highest BCUT2D eigenvalue weighted by Crippen LogP contribution is 2.08. The highest BCUT2D eigenvalue weighted by atomic mass is 16.2. The summed E-state index contributed by atoms with van der Waals surface area (Å²) in [5, 5.41) is 5.79. The Morgan fingerprint density at radius 1 is 1.48 bits per heavy atom. The summed E-state index contributed by atoms with van der Waals surface area (Å²) in [6.07, 6.45) is 6.34. The summed E-state index contributed by atoms with van der Waals surface area (Å²) in [4.78, 5) is 29.6. The Balaban J connectivity index is 2.06. The van der Waals surface area contributed by atoms with Crippen LogP contribution in [0.4, 0.5) is 0 Å². The van der Waals surface area contributed by atoms with Gasteiger partial charge < -0.3 is 15.5 Å². The molecular formula is C15H20N4O2. The van der Waals surface area contributed by atoms with E-state index in [1.54, 1.807) is 25.4 Å². The number of carbonyl (C=O) groups is 2. The van der Waals surface area contributed by atoms with Gasteiger partial charge in [0.25, 0.3) is 5.91 Å². The maximum Gasteiger partial charge on any atom is 0.252 e. The smallest absolute Gasteiger partial charge is 0.252 e. The van der Waals surface area contributed by atoms with Gasteiger partial charge in [-0.05, 0) is 24.6 Å². The molecule has 1 aliphatic heterocycles. The van der Waals surface area contributed by atoms with E-state index in [4.69, 9.17) is 0 Å². The molecule has 2 amide bonds. The molecule has 0 radical (unpaired) electrons. The zero-order valence-corrected chi connectivity index (χ0v) is 12.3. The van der Waals surface area contributed by atoms with Crippen molar-refractivity contribution in [1.82, 2.24) is 20.5 Å². The Labute approximate surface area is 124 Å². The second kappa shape index (κ2) is 6.99. The lowest BCUT2D eigenvalue weighted by molar-refractivity contribution is -0.128. The second-order valence-corrected chi connectivity index (χ2v) is 5.00. The summed E-state index contributed by atoms with van der Waals surface area (Å²) in [5.41, 5.74) is 1.20. The normalized spacial score (nSPS) is 18.8. The number of nitrogens with zero attached hydrogens (tertiary/aromatic N) is 2. The third kappa shape index (κ3) is 3.88. The van der Waals surface area contributed by atoms with Crippen molar-refractivity contribution >= 4 is 17.9 Å². The van der Waals surface area contributed by atoms with E-state index in [1.807, 2.05) is 11.8 Å². The summed E-state index contributed by atoms with van der Waals surface area (Å²) in [7, 11) is 1.57. The zero-order valence-electron chi connectivity index (χ0n) is 12.3. The van der Waals surface area contributed by atoms with Gasteiger partial charge in [0.05, 0.1) is 5.56 Å². The Kier molecular flexibility index (Phi) is 5.05. The average molecular weight is 288 g/mol. The predicted octanol–water partition coefficient (Wildman–Crippen LogP) is 0.275. The van der Waals surface area contributed by atoms with Crippen molar-refractivity contribution in [2.24, 2.45) is 0 Å². The molecule has 1 aromatic heterocycles. The molecule has 2 N–H and O–H groups in total. The molecular weight excluding hydrogens is 268 g/mol. The van der Waals surface area contributed by atoms with Gasteiger partial charge in [0.15, 0.2) is 0 Å². The molecule has 1 atom stereocenters. The minimum absolute atomic E-state index is 0.0191. The summed E-state index contributed by atoms with van der Waals surface area (Å²) in [5.74, 6) is -0.214. The van der Waals surface area contributed by atoms with E-state index in [-0.39, 0.29) is 17.9 Å². The van der Waals surface area contributed by atoms with Crippen LogP contribution in [0.15, 0.2) is 24.5 Å². The average Bonchev–Trinajstić information content (AvgIpc) is 2.52. The van der Waals surface area contributed by atoms with E-state index in [0.29, 0.717) is 12.1 Å². The van der Waals surface area contributed by atoms with Gasteiger partial charge in [0.1, 0.15) is 0 Å². The molecule has 1 saturated heterocycles. The van der Waals surface area contributed by atoms with E-state index in [0.717, 1.165) is 18.7 Å². The number of hydrogen-bond donors (Lipinski definition) is 2. The standard InChI is InChI=1S/C15H20N4O2/c1-11-8-17-5-6-19(11)14(20)4-3-12-7-13(10-18-9-12)15(21)16-2/h3-4,7,9-11,17H,5-6,8H2,1-2H3,(H,16,21). The van der Waals surface area contributed by atoms with E-state index in [9.17, 15) is 9.59 Å². The summed E-state index contributed by atoms with van der Waals surface area (Å²) in [6, 6.07) is 1.89. The van der Waals surface area contributed by atoms with Gasteiger partial charge in [0, 0.05) is 51.2 Å². The van der Waals surface area contributed by atoms with E-state index < -0.39 is 0 Å². The number of carbonyl (C=O) groups excluding carboxylic acids is 2. The molecule has 112 valence electrons. The van der Waals surface area contributed by atoms with Crippen molar-refractivity contribution in [3.8, 4) is 0 Å². The van der Waals surface area contributed by atoms with Crippen molar-refractivity contribution in [1.29, 1.82) is 0 Å². The first-order chi connectivity index (χ1) is 10.1. The van der Waals surface area contributed by atoms with E-state index >= 15 is 0 Å². The van der Waals surface area contributed by atoms with Gasteiger partial charge in [-0.15, -0.1) is 0 Å². The topological polar surface area (TPSA) is 74.3 Å². The highest BCUT2D eigenvalue weighted by Gasteiger charge is 2.20. The molecule has 1 unspecified atom stereocenters. The number of nitrogens with one attached hydrogen (secondary N) is 2. The maximum absolute atomic E-state index is 12.2. The van der Waals surface area contributed by atoms with Gasteiger partial charge in [0.2, 0.25) is 5.91 Å². The second-order valence-electron chi connectivity index (χ2n) is 5.00. The zero-order chi connectivity index (χ0) is 15.2. The van der Waals surface area contributed by atoms with E-state index in [1.165, 1.54) is 12.3 Å². The predicted molar refractivity (Wildman–Crippen MR) is 80.7 cm³/mol. The number of hydrogen-bond acceptors (Lipinski definition) is 4. The van der Waals surface area contributed by atoms with Crippen LogP contribution in [0, 0.1) is 0 Å². The lowest BCUT2D eigenvalue weighted by atomic mass is 10.1. The van der Waals surface area contributed by atoms with Gasteiger partial charge in [-0.3, -0.25) is 14.6 Å². The Bertz CT molecular complexity index is 556. The fourth-order valence-corrected chi connectivity index (χ4v) is 2.25. The molecule has 0 aromatic carbocycles. The van der Waals surface area contributed by atoms with Crippen LogP contribution in [0.1, 0.15) is 22.8 Å². The number of rotatable bonds is 3. The van der Waals surface area contributed by atoms with Gasteiger partial charge >= 0.3 is 0 Å². The lowest BCUT2D eigenvalue weighted by Crippen LogP contribution is -2.51. The quantitative estimate of drug-likeness (QED) is 0.783. The van der Waals surface area contributed by atoms with Gasteiger partial charge in [-0.25, -0.2) is 0 Å². The molecule has 1 fully saturated rings. The summed E-state index contributed by atoms with van der Waals surface area (Å²) >= 11 is 0. The molecule has 2 heterocycles. The molecule has 0 spiro atoms. The number of amides is 2. The van der Waals surface area contributed by atoms with Crippen molar-refractivity contribution < 1.29 is 9.59 Å². The molecule has 0 bridgehead atoms. The highest BCUT2D eigenvalue weighted by molar-refractivity contribution is 5.95. The Morgan fingerprint density at radius 3 is 3.00 bits per heavy atom. The summed E-state index contributed by atoms with van der Waals surface area (Å²) < 4.78 is 0. The van der Waals surface area contributed by atoms with Crippen LogP contribution in [0.5, 0.6) is 0 Å². The fourth-order valence-electron chi connectivity index (χ4n) is 2.25. The van der Waals surface area contributed by atoms with Crippen LogP contribution in [0.2, 0.25) is 0 Å². The van der Waals surface area contributed by atoms with Crippen LogP contribution < -0.4 is 10.6 Å². The molecule has 6 nitrogen and oxygen atoms in total. The van der Waals surface area contributed by atoms with Crippen LogP contribution in [0.25, 0.3) is 6.08 Å². The van der Waals surface area contributed by atoms with Crippen molar-refractivity contribution in [2.75, 3.05) is 26.7 Å². The molecule has 0 aliphatic carbocycles. The van der Waals surface area contributed by atoms with Crippen molar-refractivity contribution in [3.05, 3.63) is 35.7 Å². The Morgan fingerprint density at radius 2 is 2.29 bits per heavy atom. The monoisotopic (exact) mass is 288 g/mol. The maximum atomic E-state index is 12.2. The van der Waals surface area contributed by atoms with Gasteiger partial charge in [-0.2, -0.15) is 0 Å². The largest absolute Gasteiger partial charge is 0.355 e. The van der Waals surface area contributed by atoms with Crippen LogP contribution >= 0.6 is 0 Å². The van der Waals surface area contributed by atoms with Gasteiger partial charge in [-0.1, -0.05) is 0 Å². The molecule has 21 heavy (non-hydrogen) atoms. The SMILES string of the molecule is CNC(=O)c1cncc(C=CC(=O)N2CCNCC2C)c1. The van der Waals surface area contributed by atoms with Crippen molar-refractivity contribution in [3.63, 3.8) is 0 Å². The Hall–Kier alpha value is -2.21. The van der Waals surface area contributed by atoms with E-state index in [2.05, 4.69) is 15.6 Å². The first-order valence-electron chi connectivity index (χ1n) is 6.98. The van der Waals surface area contributed by atoms with Crippen LogP contribution in [0.3, 0.4) is 0 Å². The molecule has 2 rings (SSSR count). The third-order valence-corrected chi connectivity index (χ3v) is 3.45. The first kappa shape index (κ1) is 15.2. The minimum Gasteiger partial charge on any atom is -0.355 e. The molecule has 6 heteroatoms. The number of aromatic nitrogens is 1. The summed E-state index contributed by atoms with van der Waals surface area (Å²) in [6.45, 7) is 4.36. The number of pyridine rings is 1. The fraction of sp³-hybridized carbons (Fsp3) is 0.400. The first-order valence-corrected chi connectivity index (χ1v) is 6.98. The minimum atomic E-state index is -0.195.